The maximum absolute atomic E-state index is 14.4. The van der Waals surface area contributed by atoms with Gasteiger partial charge in [0.1, 0.15) is 17.5 Å². The largest absolute Gasteiger partial charge is 0.434 e. The molecule has 4 aromatic heterocycles. The quantitative estimate of drug-likeness (QED) is 0.343. The van der Waals surface area contributed by atoms with Crippen molar-refractivity contribution in [3.63, 3.8) is 0 Å². The molecule has 2 N–H and O–H groups in total. The standard InChI is InChI=1S/C25H14ClF3N8O2/c1-12-31-11-33-36(12)23-17(26)7-13(8-30-23)34-24(39)16-9-32-37(22(16)25(27,28)29)20-6-5-18-21-14(19(10-38)35-18)3-2-4-15(20)21/h2-9,11,35H,1H3,(H,34,39). The van der Waals surface area contributed by atoms with Crippen molar-refractivity contribution >= 4 is 50.8 Å². The van der Waals surface area contributed by atoms with Crippen LogP contribution in [0.3, 0.4) is 0 Å². The fourth-order valence-corrected chi connectivity index (χ4v) is 4.75. The molecule has 0 aliphatic rings. The Balaban J connectivity index is 1.42. The smallest absolute Gasteiger partial charge is 0.345 e. The second kappa shape index (κ2) is 8.79. The van der Waals surface area contributed by atoms with Crippen LogP contribution in [0.1, 0.15) is 21.9 Å². The number of benzene rings is 2. The van der Waals surface area contributed by atoms with Gasteiger partial charge in [-0.15, -0.1) is 0 Å². The lowest BCUT2D eigenvalue weighted by molar-refractivity contribution is -0.143. The van der Waals surface area contributed by atoms with E-state index in [0.29, 0.717) is 32.2 Å². The van der Waals surface area contributed by atoms with Gasteiger partial charge in [0, 0.05) is 21.7 Å². The molecule has 0 radical (unpaired) electrons. The average molecular weight is 551 g/mol. The van der Waals surface area contributed by atoms with Crippen LogP contribution in [-0.4, -0.2) is 46.4 Å². The Hall–Kier alpha value is -5.00. The second-order valence-electron chi connectivity index (χ2n) is 8.48. The number of amides is 1. The fraction of sp³-hybridized carbons (Fsp3) is 0.0800. The van der Waals surface area contributed by atoms with Crippen molar-refractivity contribution in [3.05, 3.63) is 82.6 Å². The normalized spacial score (nSPS) is 11.8. The zero-order valence-corrected chi connectivity index (χ0v) is 20.5. The molecule has 0 aliphatic carbocycles. The highest BCUT2D eigenvalue weighted by Crippen LogP contribution is 2.37. The van der Waals surface area contributed by atoms with Crippen molar-refractivity contribution in [3.8, 4) is 11.5 Å². The van der Waals surface area contributed by atoms with Crippen LogP contribution >= 0.6 is 11.6 Å². The summed E-state index contributed by atoms with van der Waals surface area (Å²) in [5, 5.41) is 12.1. The number of carbonyl (C=O) groups is 1. The van der Waals surface area contributed by atoms with Gasteiger partial charge in [-0.1, -0.05) is 29.8 Å². The number of hydrogen-bond donors (Lipinski definition) is 2. The van der Waals surface area contributed by atoms with Gasteiger partial charge >= 0.3 is 6.18 Å². The molecule has 14 heteroatoms. The highest BCUT2D eigenvalue weighted by Gasteiger charge is 2.41. The molecule has 6 rings (SSSR count). The van der Waals surface area contributed by atoms with Crippen molar-refractivity contribution in [1.29, 1.82) is 0 Å². The molecule has 194 valence electrons. The summed E-state index contributed by atoms with van der Waals surface area (Å²) in [5.74, 6) is 1.50. The van der Waals surface area contributed by atoms with E-state index in [9.17, 15) is 22.8 Å². The Bertz CT molecular complexity index is 2000. The van der Waals surface area contributed by atoms with Crippen LogP contribution < -0.4 is 10.7 Å². The highest BCUT2D eigenvalue weighted by atomic mass is 35.5. The summed E-state index contributed by atoms with van der Waals surface area (Å²) in [6.07, 6.45) is -1.54. The molecule has 10 nitrogen and oxygen atoms in total. The molecular formula is C25H14ClF3N8O2. The molecule has 1 amide bonds. The van der Waals surface area contributed by atoms with E-state index in [1.165, 1.54) is 29.3 Å². The zero-order valence-electron chi connectivity index (χ0n) is 19.7. The van der Waals surface area contributed by atoms with Gasteiger partial charge in [0.05, 0.1) is 34.4 Å². The number of aryl methyl sites for hydroxylation is 1. The van der Waals surface area contributed by atoms with E-state index in [4.69, 9.17) is 11.6 Å². The number of rotatable bonds is 4. The summed E-state index contributed by atoms with van der Waals surface area (Å²) in [5.41, 5.74) is -1.28. The van der Waals surface area contributed by atoms with Gasteiger partial charge in [0.25, 0.3) is 5.91 Å². The first kappa shape index (κ1) is 24.3. The van der Waals surface area contributed by atoms with Gasteiger partial charge in [-0.05, 0) is 25.1 Å². The molecule has 6 aromatic rings. The van der Waals surface area contributed by atoms with E-state index in [1.807, 2.05) is 0 Å². The number of nitrogens with one attached hydrogen (secondary N) is 2. The lowest BCUT2D eigenvalue weighted by Gasteiger charge is -2.15. The topological polar surface area (TPSA) is 123 Å². The molecule has 4 heterocycles. The highest BCUT2D eigenvalue weighted by molar-refractivity contribution is 6.32. The van der Waals surface area contributed by atoms with Crippen LogP contribution in [0.5, 0.6) is 0 Å². The number of aromatic nitrogens is 7. The van der Waals surface area contributed by atoms with Crippen LogP contribution in [0.2, 0.25) is 5.02 Å². The lowest BCUT2D eigenvalue weighted by Crippen LogP contribution is -2.21. The van der Waals surface area contributed by atoms with Crippen molar-refractivity contribution in [2.45, 2.75) is 13.1 Å². The molecule has 0 spiro atoms. The van der Waals surface area contributed by atoms with Crippen molar-refractivity contribution in [2.75, 3.05) is 5.32 Å². The third-order valence-electron chi connectivity index (χ3n) is 6.16. The Morgan fingerprint density at radius 2 is 1.87 bits per heavy atom. The first-order chi connectivity index (χ1) is 18.7. The minimum Gasteiger partial charge on any atom is -0.345 e. The van der Waals surface area contributed by atoms with Crippen LogP contribution in [0, 0.1) is 6.92 Å². The average Bonchev–Trinajstić information content (AvgIpc) is 3.62. The summed E-state index contributed by atoms with van der Waals surface area (Å²) in [7, 11) is 0. The van der Waals surface area contributed by atoms with Crippen molar-refractivity contribution in [1.82, 2.24) is 34.5 Å². The van der Waals surface area contributed by atoms with Crippen molar-refractivity contribution in [2.24, 2.45) is 0 Å². The third kappa shape index (κ3) is 3.92. The molecule has 0 aliphatic heterocycles. The fourth-order valence-electron chi connectivity index (χ4n) is 4.50. The number of aromatic amines is 1. The van der Waals surface area contributed by atoms with Crippen LogP contribution in [-0.2, 0) is 11.0 Å². The Morgan fingerprint density at radius 1 is 1.08 bits per heavy atom. The molecule has 0 saturated carbocycles. The summed E-state index contributed by atoms with van der Waals surface area (Å²) < 4.78 is 45.2. The van der Waals surface area contributed by atoms with Gasteiger partial charge in [0.2, 0.25) is 0 Å². The number of halogens is 4. The van der Waals surface area contributed by atoms with Gasteiger partial charge < -0.3 is 10.3 Å². The summed E-state index contributed by atoms with van der Waals surface area (Å²) in [6, 6.07) is 9.20. The van der Waals surface area contributed by atoms with Crippen LogP contribution in [0.15, 0.2) is 55.1 Å². The number of nitrogens with zero attached hydrogens (tertiary/aromatic N) is 6. The van der Waals surface area contributed by atoms with Crippen LogP contribution in [0.4, 0.5) is 18.9 Å². The SMILES string of the molecule is Cc1ncnn1-c1ncc(NC(=O)c2cnn(-c3ccc4[nH]c(=C=O)c5cccc3c45)c2C(F)(F)F)cc1Cl. The van der Waals surface area contributed by atoms with Gasteiger partial charge in [0.15, 0.2) is 17.5 Å². The lowest BCUT2D eigenvalue weighted by atomic mass is 10.1. The van der Waals surface area contributed by atoms with Gasteiger partial charge in [-0.25, -0.2) is 19.4 Å². The first-order valence-corrected chi connectivity index (χ1v) is 11.6. The second-order valence-corrected chi connectivity index (χ2v) is 8.89. The molecule has 0 unspecified atom stereocenters. The maximum Gasteiger partial charge on any atom is 0.434 e. The maximum atomic E-state index is 14.4. The molecule has 0 saturated heterocycles. The number of alkyl halides is 3. The number of hydrogen-bond acceptors (Lipinski definition) is 6. The minimum atomic E-state index is -4.94. The van der Waals surface area contributed by atoms with Crippen molar-refractivity contribution < 1.29 is 22.8 Å². The predicted octanol–water partition coefficient (Wildman–Crippen LogP) is 3.94. The van der Waals surface area contributed by atoms with Crippen LogP contribution in [0.25, 0.3) is 33.2 Å². The Kier molecular flexibility index (Phi) is 5.49. The molecule has 0 atom stereocenters. The molecule has 0 fully saturated rings. The Morgan fingerprint density at radius 3 is 2.56 bits per heavy atom. The molecule has 0 bridgehead atoms. The third-order valence-corrected chi connectivity index (χ3v) is 6.44. The molecule has 39 heavy (non-hydrogen) atoms. The Labute approximate surface area is 220 Å². The van der Waals surface area contributed by atoms with E-state index in [2.05, 4.69) is 30.5 Å². The number of H-pyrrole nitrogens is 1. The van der Waals surface area contributed by atoms with E-state index >= 15 is 0 Å². The van der Waals surface area contributed by atoms with Gasteiger partial charge in [-0.3, -0.25) is 4.79 Å². The van der Waals surface area contributed by atoms with E-state index in [0.717, 1.165) is 6.20 Å². The van der Waals surface area contributed by atoms with Gasteiger partial charge in [-0.2, -0.15) is 28.1 Å². The zero-order chi connectivity index (χ0) is 27.5. The monoisotopic (exact) mass is 550 g/mol. The first-order valence-electron chi connectivity index (χ1n) is 11.2. The number of pyridine rings is 1. The van der Waals surface area contributed by atoms with E-state index < -0.39 is 23.3 Å². The summed E-state index contributed by atoms with van der Waals surface area (Å²) in [6.45, 7) is 1.69. The molecular weight excluding hydrogens is 537 g/mol. The predicted molar refractivity (Wildman–Crippen MR) is 135 cm³/mol. The minimum absolute atomic E-state index is 0.0667. The summed E-state index contributed by atoms with van der Waals surface area (Å²) in [4.78, 5) is 35.4. The summed E-state index contributed by atoms with van der Waals surface area (Å²) >= 11 is 6.29. The van der Waals surface area contributed by atoms with E-state index in [1.54, 1.807) is 37.1 Å². The number of carbonyl (C=O) groups excluding carboxylic acids is 2. The number of anilines is 1. The molecule has 2 aromatic carbocycles. The van der Waals surface area contributed by atoms with E-state index in [-0.39, 0.29) is 27.6 Å².